The molecule has 1 atom stereocenters. The third-order valence-electron chi connectivity index (χ3n) is 5.78. The fraction of sp³-hybridized carbons (Fsp3) is 0.208. The Morgan fingerprint density at radius 2 is 1.71 bits per heavy atom. The highest BCUT2D eigenvalue weighted by Gasteiger charge is 2.44. The Labute approximate surface area is 177 Å². The molecule has 7 heteroatoms. The SMILES string of the molecule is COc1ccc([C@H]2c3c(oc4cc(C)c(C)cc4c3=O)C(=O)N2c2cc(C)on2)cc1. The van der Waals surface area contributed by atoms with Crippen molar-refractivity contribution in [1.82, 2.24) is 5.16 Å². The number of aryl methyl sites for hydroxylation is 3. The zero-order chi connectivity index (χ0) is 21.9. The summed E-state index contributed by atoms with van der Waals surface area (Å²) in [6, 6.07) is 11.8. The molecule has 31 heavy (non-hydrogen) atoms. The van der Waals surface area contributed by atoms with E-state index >= 15 is 0 Å². The van der Waals surface area contributed by atoms with Crippen molar-refractivity contribution in [2.75, 3.05) is 12.0 Å². The van der Waals surface area contributed by atoms with E-state index in [0.29, 0.717) is 33.9 Å². The third-order valence-corrected chi connectivity index (χ3v) is 5.78. The van der Waals surface area contributed by atoms with E-state index in [0.717, 1.165) is 16.7 Å². The van der Waals surface area contributed by atoms with E-state index in [-0.39, 0.29) is 11.2 Å². The molecule has 0 radical (unpaired) electrons. The van der Waals surface area contributed by atoms with Gasteiger partial charge in [-0.2, -0.15) is 0 Å². The predicted molar refractivity (Wildman–Crippen MR) is 115 cm³/mol. The molecule has 156 valence electrons. The molecule has 2 aromatic carbocycles. The molecule has 3 heterocycles. The molecule has 0 unspecified atom stereocenters. The van der Waals surface area contributed by atoms with Crippen LogP contribution in [-0.2, 0) is 0 Å². The van der Waals surface area contributed by atoms with Crippen LogP contribution >= 0.6 is 0 Å². The summed E-state index contributed by atoms with van der Waals surface area (Å²) in [4.78, 5) is 28.5. The van der Waals surface area contributed by atoms with E-state index in [4.69, 9.17) is 13.7 Å². The fourth-order valence-corrected chi connectivity index (χ4v) is 4.03. The van der Waals surface area contributed by atoms with E-state index < -0.39 is 11.9 Å². The van der Waals surface area contributed by atoms with Gasteiger partial charge < -0.3 is 13.7 Å². The zero-order valence-electron chi connectivity index (χ0n) is 17.6. The number of hydrogen-bond acceptors (Lipinski definition) is 6. The number of ether oxygens (including phenoxy) is 1. The Kier molecular flexibility index (Phi) is 4.22. The van der Waals surface area contributed by atoms with Crippen molar-refractivity contribution in [2.45, 2.75) is 26.8 Å². The van der Waals surface area contributed by atoms with Crippen molar-refractivity contribution in [3.8, 4) is 5.75 Å². The van der Waals surface area contributed by atoms with Crippen molar-refractivity contribution in [1.29, 1.82) is 0 Å². The highest BCUT2D eigenvalue weighted by atomic mass is 16.5. The van der Waals surface area contributed by atoms with Crippen LogP contribution in [0.2, 0.25) is 0 Å². The fourth-order valence-electron chi connectivity index (χ4n) is 4.03. The highest BCUT2D eigenvalue weighted by molar-refractivity contribution is 6.10. The molecule has 4 aromatic rings. The number of hydrogen-bond donors (Lipinski definition) is 0. The van der Waals surface area contributed by atoms with Gasteiger partial charge in [-0.05, 0) is 61.7 Å². The van der Waals surface area contributed by atoms with Crippen molar-refractivity contribution in [3.63, 3.8) is 0 Å². The Morgan fingerprint density at radius 3 is 2.35 bits per heavy atom. The van der Waals surface area contributed by atoms with Crippen LogP contribution < -0.4 is 15.1 Å². The van der Waals surface area contributed by atoms with Gasteiger partial charge in [-0.15, -0.1) is 0 Å². The van der Waals surface area contributed by atoms with Crippen molar-refractivity contribution in [2.24, 2.45) is 0 Å². The van der Waals surface area contributed by atoms with Gasteiger partial charge in [-0.1, -0.05) is 17.3 Å². The van der Waals surface area contributed by atoms with Gasteiger partial charge in [0.1, 0.15) is 17.1 Å². The van der Waals surface area contributed by atoms with Crippen LogP contribution in [0.5, 0.6) is 5.75 Å². The van der Waals surface area contributed by atoms with Crippen LogP contribution in [0.1, 0.15) is 44.6 Å². The van der Waals surface area contributed by atoms with E-state index in [1.807, 2.05) is 32.0 Å². The quantitative estimate of drug-likeness (QED) is 0.490. The monoisotopic (exact) mass is 416 g/mol. The molecule has 1 amide bonds. The minimum atomic E-state index is -0.694. The largest absolute Gasteiger partial charge is 0.497 e. The number of benzene rings is 2. The topological polar surface area (TPSA) is 85.8 Å². The number of fused-ring (bicyclic) bond motifs is 2. The molecule has 0 saturated heterocycles. The maximum absolute atomic E-state index is 13.6. The first-order valence-electron chi connectivity index (χ1n) is 9.88. The van der Waals surface area contributed by atoms with Gasteiger partial charge in [0.15, 0.2) is 11.2 Å². The summed E-state index contributed by atoms with van der Waals surface area (Å²) in [7, 11) is 1.58. The first-order chi connectivity index (χ1) is 14.9. The Hall–Kier alpha value is -3.87. The first-order valence-corrected chi connectivity index (χ1v) is 9.88. The molecule has 0 aliphatic carbocycles. The summed E-state index contributed by atoms with van der Waals surface area (Å²) in [6.45, 7) is 5.63. The molecular weight excluding hydrogens is 396 g/mol. The lowest BCUT2D eigenvalue weighted by Gasteiger charge is -2.22. The van der Waals surface area contributed by atoms with Crippen LogP contribution in [0.4, 0.5) is 5.82 Å². The minimum Gasteiger partial charge on any atom is -0.497 e. The van der Waals surface area contributed by atoms with Crippen LogP contribution in [-0.4, -0.2) is 18.2 Å². The summed E-state index contributed by atoms with van der Waals surface area (Å²) in [6.07, 6.45) is 0. The number of nitrogens with zero attached hydrogens (tertiary/aromatic N) is 2. The molecule has 7 nitrogen and oxygen atoms in total. The lowest BCUT2D eigenvalue weighted by atomic mass is 9.97. The Bertz CT molecular complexity index is 1400. The Balaban J connectivity index is 1.80. The molecule has 1 aliphatic rings. The smallest absolute Gasteiger partial charge is 0.296 e. The molecule has 0 spiro atoms. The average molecular weight is 416 g/mol. The highest BCUT2D eigenvalue weighted by Crippen LogP contribution is 2.41. The number of carbonyl (C=O) groups is 1. The van der Waals surface area contributed by atoms with E-state index in [9.17, 15) is 9.59 Å². The molecule has 5 rings (SSSR count). The maximum Gasteiger partial charge on any atom is 0.296 e. The molecule has 0 saturated carbocycles. The molecule has 0 N–H and O–H groups in total. The summed E-state index contributed by atoms with van der Waals surface area (Å²) in [5.41, 5.74) is 3.17. The summed E-state index contributed by atoms with van der Waals surface area (Å²) < 4.78 is 16.5. The Morgan fingerprint density at radius 1 is 1.00 bits per heavy atom. The van der Waals surface area contributed by atoms with E-state index in [2.05, 4.69) is 5.16 Å². The zero-order valence-corrected chi connectivity index (χ0v) is 17.6. The van der Waals surface area contributed by atoms with Gasteiger partial charge in [0.2, 0.25) is 5.76 Å². The second-order valence-electron chi connectivity index (χ2n) is 7.75. The van der Waals surface area contributed by atoms with Gasteiger partial charge in [-0.3, -0.25) is 14.5 Å². The minimum absolute atomic E-state index is 0.0298. The third kappa shape index (κ3) is 2.84. The van der Waals surface area contributed by atoms with Gasteiger partial charge in [-0.25, -0.2) is 0 Å². The van der Waals surface area contributed by atoms with Crippen LogP contribution in [0.3, 0.4) is 0 Å². The first kappa shape index (κ1) is 19.1. The lowest BCUT2D eigenvalue weighted by molar-refractivity contribution is 0.0969. The van der Waals surface area contributed by atoms with Gasteiger partial charge in [0.05, 0.1) is 24.1 Å². The lowest BCUT2D eigenvalue weighted by Crippen LogP contribution is -2.29. The summed E-state index contributed by atoms with van der Waals surface area (Å²) in [5.74, 6) is 1.16. The maximum atomic E-state index is 13.6. The van der Waals surface area contributed by atoms with E-state index in [1.54, 1.807) is 38.3 Å². The van der Waals surface area contributed by atoms with Crippen molar-refractivity contribution < 1.29 is 18.5 Å². The number of anilines is 1. The summed E-state index contributed by atoms with van der Waals surface area (Å²) >= 11 is 0. The predicted octanol–water partition coefficient (Wildman–Crippen LogP) is 4.46. The molecule has 0 fully saturated rings. The number of rotatable bonds is 3. The standard InChI is InChI=1S/C24H20N2O5/c1-12-9-17-18(10-13(12)2)30-23-20(22(17)27)21(15-5-7-16(29-4)8-6-15)26(24(23)28)19-11-14(3)31-25-19/h5-11,21H,1-4H3/t21-/m0/s1. The number of aromatic nitrogens is 1. The molecule has 2 aromatic heterocycles. The van der Waals surface area contributed by atoms with Gasteiger partial charge in [0.25, 0.3) is 5.91 Å². The van der Waals surface area contributed by atoms with Crippen LogP contribution in [0.25, 0.3) is 11.0 Å². The number of methoxy groups -OCH3 is 1. The number of amides is 1. The second-order valence-corrected chi connectivity index (χ2v) is 7.75. The van der Waals surface area contributed by atoms with Crippen molar-refractivity contribution >= 4 is 22.7 Å². The number of carbonyl (C=O) groups excluding carboxylic acids is 1. The van der Waals surface area contributed by atoms with Crippen molar-refractivity contribution in [3.05, 3.63) is 86.5 Å². The van der Waals surface area contributed by atoms with Gasteiger partial charge in [0, 0.05) is 6.07 Å². The molecular formula is C24H20N2O5. The van der Waals surface area contributed by atoms with Crippen LogP contribution in [0, 0.1) is 20.8 Å². The second kappa shape index (κ2) is 6.84. The van der Waals surface area contributed by atoms with Gasteiger partial charge >= 0.3 is 0 Å². The van der Waals surface area contributed by atoms with Crippen LogP contribution in [0.15, 0.2) is 56.2 Å². The normalized spacial score (nSPS) is 15.5. The molecule has 0 bridgehead atoms. The molecule has 1 aliphatic heterocycles. The average Bonchev–Trinajstić information content (AvgIpc) is 3.31. The summed E-state index contributed by atoms with van der Waals surface area (Å²) in [5, 5.41) is 4.48. The van der Waals surface area contributed by atoms with E-state index in [1.165, 1.54) is 4.90 Å².